The van der Waals surface area contributed by atoms with E-state index in [1.165, 1.54) is 18.2 Å². The monoisotopic (exact) mass is 828 g/mol. The van der Waals surface area contributed by atoms with Crippen LogP contribution < -0.4 is 20.9 Å². The molecule has 4 aromatic rings. The zero-order chi connectivity index (χ0) is 43.6. The molecule has 0 saturated heterocycles. The number of nitrogen functional groups attached to an aromatic ring is 2. The number of esters is 1. The van der Waals surface area contributed by atoms with Crippen LogP contribution in [-0.2, 0) is 14.3 Å². The van der Waals surface area contributed by atoms with Crippen LogP contribution in [0, 0.1) is 25.7 Å². The summed E-state index contributed by atoms with van der Waals surface area (Å²) in [6.45, 7) is 11.8. The standard InChI is InChI=1S/C25H31N3O3.C24H29N3O3/c1-15-27-23(26)20-14-21(25(2,3)31-24(20)28-15)19-11-9-18(10-12-19)17-7-5-16(6-8-17)13-22(29)30-4;1-14-26-22(25)19-13-20(24(2,3)30-23(19)27-14)18-10-8-17(9-11-18)16-6-4-15(5-7-16)12-21(28)29/h9-12,14,16-17H,5-8,13H2,1-4H3,(H2,26,27,28);8-11,13,15-16H,4-7,12H2,1-3H3,(H,28,29)(H2,25,26,27). The van der Waals surface area contributed by atoms with E-state index >= 15 is 0 Å². The highest BCUT2D eigenvalue weighted by Crippen LogP contribution is 2.44. The van der Waals surface area contributed by atoms with E-state index < -0.39 is 17.2 Å². The summed E-state index contributed by atoms with van der Waals surface area (Å²) < 4.78 is 17.2. The van der Waals surface area contributed by atoms with Crippen molar-refractivity contribution >= 4 is 46.9 Å². The summed E-state index contributed by atoms with van der Waals surface area (Å²) in [5.41, 5.74) is 19.7. The number of nitrogens with two attached hydrogens (primary N) is 2. The predicted octanol–water partition coefficient (Wildman–Crippen LogP) is 9.74. The highest BCUT2D eigenvalue weighted by atomic mass is 16.5. The van der Waals surface area contributed by atoms with Crippen LogP contribution in [0.5, 0.6) is 11.8 Å². The fourth-order valence-corrected chi connectivity index (χ4v) is 9.51. The van der Waals surface area contributed by atoms with Gasteiger partial charge in [0, 0.05) is 24.0 Å². The minimum atomic E-state index is -0.684. The normalized spacial score (nSPS) is 22.3. The van der Waals surface area contributed by atoms with Gasteiger partial charge in [-0.15, -0.1) is 0 Å². The largest absolute Gasteiger partial charge is 0.481 e. The van der Waals surface area contributed by atoms with Gasteiger partial charge in [0.1, 0.15) is 34.5 Å². The molecule has 2 aliphatic carbocycles. The Morgan fingerprint density at radius 3 is 1.38 bits per heavy atom. The first kappa shape index (κ1) is 43.3. The van der Waals surface area contributed by atoms with Crippen LogP contribution in [0.25, 0.3) is 23.3 Å². The molecule has 0 radical (unpaired) electrons. The molecule has 0 spiro atoms. The lowest BCUT2D eigenvalue weighted by Gasteiger charge is -2.34. The molecule has 61 heavy (non-hydrogen) atoms. The van der Waals surface area contributed by atoms with Gasteiger partial charge in [-0.2, -0.15) is 9.97 Å². The maximum absolute atomic E-state index is 11.5. The topological polar surface area (TPSA) is 186 Å². The minimum absolute atomic E-state index is 0.0961. The molecule has 0 amide bonds. The summed E-state index contributed by atoms with van der Waals surface area (Å²) in [5.74, 6) is 4.18. The van der Waals surface area contributed by atoms with Crippen LogP contribution in [0.15, 0.2) is 48.5 Å². The van der Waals surface area contributed by atoms with Crippen LogP contribution in [0.3, 0.4) is 0 Å². The second kappa shape index (κ2) is 17.7. The Labute approximate surface area is 359 Å². The first-order valence-corrected chi connectivity index (χ1v) is 21.6. The lowest BCUT2D eigenvalue weighted by molar-refractivity contribution is -0.142. The number of anilines is 2. The van der Waals surface area contributed by atoms with Crippen molar-refractivity contribution in [1.29, 1.82) is 0 Å². The smallest absolute Gasteiger partial charge is 0.305 e. The van der Waals surface area contributed by atoms with Crippen molar-refractivity contribution in [2.24, 2.45) is 11.8 Å². The van der Waals surface area contributed by atoms with E-state index in [4.69, 9.17) is 30.8 Å². The van der Waals surface area contributed by atoms with E-state index in [9.17, 15) is 9.59 Å². The fourth-order valence-electron chi connectivity index (χ4n) is 9.51. The van der Waals surface area contributed by atoms with Crippen LogP contribution >= 0.6 is 0 Å². The summed E-state index contributed by atoms with van der Waals surface area (Å²) in [6.07, 6.45) is 13.4. The quantitative estimate of drug-likeness (QED) is 0.143. The number of carboxylic acid groups (broad SMARTS) is 1. The molecule has 322 valence electrons. The number of carboxylic acids is 1. The van der Waals surface area contributed by atoms with Crippen LogP contribution in [0.4, 0.5) is 11.6 Å². The van der Waals surface area contributed by atoms with Crippen molar-refractivity contribution in [3.05, 3.63) is 93.6 Å². The molecule has 12 nitrogen and oxygen atoms in total. The van der Waals surface area contributed by atoms with Crippen molar-refractivity contribution in [2.75, 3.05) is 18.6 Å². The van der Waals surface area contributed by atoms with E-state index in [-0.39, 0.29) is 5.97 Å². The molecular weight excluding hydrogens is 769 g/mol. The highest BCUT2D eigenvalue weighted by molar-refractivity contribution is 5.92. The Kier molecular flexibility index (Phi) is 12.5. The summed E-state index contributed by atoms with van der Waals surface area (Å²) in [7, 11) is 1.46. The molecule has 5 N–H and O–H groups in total. The zero-order valence-electron chi connectivity index (χ0n) is 36.6. The minimum Gasteiger partial charge on any atom is -0.481 e. The van der Waals surface area contributed by atoms with Gasteiger partial charge in [-0.3, -0.25) is 9.59 Å². The van der Waals surface area contributed by atoms with Gasteiger partial charge in [-0.1, -0.05) is 48.5 Å². The number of hydrogen-bond acceptors (Lipinski definition) is 11. The number of carbonyl (C=O) groups is 2. The van der Waals surface area contributed by atoms with Crippen LogP contribution in [-0.4, -0.2) is 55.3 Å². The Morgan fingerprint density at radius 1 is 0.639 bits per heavy atom. The van der Waals surface area contributed by atoms with Gasteiger partial charge in [-0.05, 0) is 151 Å². The number of carbonyl (C=O) groups excluding carboxylic acids is 1. The number of aryl methyl sites for hydroxylation is 2. The molecule has 2 aromatic carbocycles. The Morgan fingerprint density at radius 2 is 1.02 bits per heavy atom. The number of aromatic nitrogens is 4. The van der Waals surface area contributed by atoms with Crippen molar-refractivity contribution in [3.8, 4) is 11.8 Å². The number of hydrogen-bond donors (Lipinski definition) is 3. The number of aliphatic carboxylic acids is 1. The third-order valence-electron chi connectivity index (χ3n) is 12.9. The van der Waals surface area contributed by atoms with Gasteiger partial charge in [0.25, 0.3) is 0 Å². The van der Waals surface area contributed by atoms with E-state index in [0.29, 0.717) is 71.6 Å². The number of rotatable bonds is 8. The molecular formula is C49H60N6O6. The molecule has 2 aromatic heterocycles. The number of ether oxygens (including phenoxy) is 3. The van der Waals surface area contributed by atoms with E-state index in [1.54, 1.807) is 6.92 Å². The SMILES string of the molecule is COC(=O)CC1CCC(c2ccc(C3=Cc4c(N)nc(C)nc4OC3(C)C)cc2)CC1.Cc1nc(N)c2c(n1)OC(C)(C)C(c1ccc(C3CCC(CC(=O)O)CC3)cc1)=C2. The maximum Gasteiger partial charge on any atom is 0.305 e. The lowest BCUT2D eigenvalue weighted by Crippen LogP contribution is -2.33. The number of benzene rings is 2. The van der Waals surface area contributed by atoms with Gasteiger partial charge in [0.05, 0.1) is 18.2 Å². The molecule has 0 atom stereocenters. The number of fused-ring (bicyclic) bond motifs is 2. The zero-order valence-corrected chi connectivity index (χ0v) is 36.6. The van der Waals surface area contributed by atoms with Crippen molar-refractivity contribution < 1.29 is 28.9 Å². The third kappa shape index (κ3) is 9.90. The van der Waals surface area contributed by atoms with Gasteiger partial charge in [0.2, 0.25) is 11.8 Å². The number of nitrogens with zero attached hydrogens (tertiary/aromatic N) is 4. The summed E-state index contributed by atoms with van der Waals surface area (Å²) in [5, 5.41) is 9.01. The Balaban J connectivity index is 0.000000184. The molecule has 8 rings (SSSR count). The Bertz CT molecular complexity index is 2320. The maximum atomic E-state index is 11.5. The molecule has 12 heteroatoms. The van der Waals surface area contributed by atoms with Crippen molar-refractivity contribution in [1.82, 2.24) is 19.9 Å². The molecule has 0 bridgehead atoms. The second-order valence-electron chi connectivity index (χ2n) is 18.1. The molecule has 4 aliphatic rings. The van der Waals surface area contributed by atoms with Crippen LogP contribution in [0.1, 0.15) is 149 Å². The average Bonchev–Trinajstić information content (AvgIpc) is 3.20. The molecule has 2 fully saturated rings. The first-order chi connectivity index (χ1) is 29.0. The Hall–Kier alpha value is -5.78. The average molecular weight is 829 g/mol. The molecule has 0 unspecified atom stereocenters. The van der Waals surface area contributed by atoms with Gasteiger partial charge in [0.15, 0.2) is 0 Å². The van der Waals surface area contributed by atoms with E-state index in [0.717, 1.165) is 84.8 Å². The van der Waals surface area contributed by atoms with Crippen LogP contribution in [0.2, 0.25) is 0 Å². The summed E-state index contributed by atoms with van der Waals surface area (Å²) >= 11 is 0. The van der Waals surface area contributed by atoms with Gasteiger partial charge in [-0.25, -0.2) is 9.97 Å². The van der Waals surface area contributed by atoms with Crippen molar-refractivity contribution in [2.45, 2.75) is 129 Å². The molecule has 2 saturated carbocycles. The molecule has 4 heterocycles. The third-order valence-corrected chi connectivity index (χ3v) is 12.9. The van der Waals surface area contributed by atoms with Crippen molar-refractivity contribution in [3.63, 3.8) is 0 Å². The van der Waals surface area contributed by atoms with E-state index in [1.807, 2.05) is 40.7 Å². The first-order valence-electron chi connectivity index (χ1n) is 21.6. The molecule has 2 aliphatic heterocycles. The fraction of sp³-hybridized carbons (Fsp3) is 0.469. The highest BCUT2D eigenvalue weighted by Gasteiger charge is 2.35. The second-order valence-corrected chi connectivity index (χ2v) is 18.1. The van der Waals surface area contributed by atoms with Gasteiger partial charge < -0.3 is 30.8 Å². The summed E-state index contributed by atoms with van der Waals surface area (Å²) in [6, 6.07) is 17.5. The van der Waals surface area contributed by atoms with E-state index in [2.05, 4.69) is 74.5 Å². The predicted molar refractivity (Wildman–Crippen MR) is 239 cm³/mol. The lowest BCUT2D eigenvalue weighted by atomic mass is 9.77. The summed E-state index contributed by atoms with van der Waals surface area (Å²) in [4.78, 5) is 39.8. The van der Waals surface area contributed by atoms with Gasteiger partial charge >= 0.3 is 11.9 Å². The number of methoxy groups -OCH3 is 1.